The third-order valence-electron chi connectivity index (χ3n) is 8.48. The molecule has 1 saturated heterocycles. The average Bonchev–Trinajstić information content (AvgIpc) is 3.19. The molecule has 4 N–H and O–H groups in total. The maximum Gasteiger partial charge on any atom is 0.268 e. The Hall–Kier alpha value is -3.87. The van der Waals surface area contributed by atoms with Crippen LogP contribution < -0.4 is 20.7 Å². The van der Waals surface area contributed by atoms with Gasteiger partial charge in [0.05, 0.1) is 25.0 Å². The summed E-state index contributed by atoms with van der Waals surface area (Å²) in [6.45, 7) is 0. The highest BCUT2D eigenvalue weighted by atomic mass is 16.5. The smallest absolute Gasteiger partial charge is 0.268 e. The molecule has 4 amide bonds. The van der Waals surface area contributed by atoms with Crippen molar-refractivity contribution in [2.75, 3.05) is 7.11 Å². The fourth-order valence-corrected chi connectivity index (χ4v) is 6.65. The van der Waals surface area contributed by atoms with E-state index in [1.165, 1.54) is 0 Å². The van der Waals surface area contributed by atoms with E-state index in [2.05, 4.69) is 27.0 Å². The molecule has 4 fully saturated rings. The average molecular weight is 490 g/mol. The summed E-state index contributed by atoms with van der Waals surface area (Å²) in [7, 11) is 1.56. The number of carbonyl (C=O) groups excluding carboxylic acids is 4. The Morgan fingerprint density at radius 3 is 2.75 bits per heavy atom. The number of carbonyl (C=O) groups is 4. The molecule has 0 radical (unpaired) electrons. The van der Waals surface area contributed by atoms with E-state index in [1.54, 1.807) is 19.2 Å². The molecule has 0 spiro atoms. The fraction of sp³-hybridized carbons (Fsp3) is 0.500. The number of fused-ring (bicyclic) bond motifs is 6. The number of nitrogens with zero attached hydrogens (tertiary/aromatic N) is 1. The van der Waals surface area contributed by atoms with Crippen LogP contribution in [-0.4, -0.2) is 47.3 Å². The summed E-state index contributed by atoms with van der Waals surface area (Å²) < 4.78 is 5.37. The Labute approximate surface area is 207 Å². The second-order valence-corrected chi connectivity index (χ2v) is 10.6. The number of rotatable bonds is 7. The van der Waals surface area contributed by atoms with Gasteiger partial charge in [-0.15, -0.1) is 0 Å². The number of H-pyrrole nitrogens is 1. The first kappa shape index (κ1) is 22.6. The standard InChI is InChI=1S/C26H27N5O5/c1-36-19-4-2-3-16-14(19)9-18(28-16)22(32)29-17(7-12-5-6-12)23(33)31-26(11-27)10-13-8-15(26)21-20(13)24(34)30-25(21)35/h2-4,9,12-13,15,17,20-21,28H,5-8,10H2,1H3,(H,29,32)(H,31,33)(H,30,34,35)/t13?,15-,17-,20-,21+,26+/m0/s1. The fourth-order valence-electron chi connectivity index (χ4n) is 6.65. The van der Waals surface area contributed by atoms with Gasteiger partial charge in [0.2, 0.25) is 17.7 Å². The van der Waals surface area contributed by atoms with Crippen LogP contribution in [0.4, 0.5) is 0 Å². The number of nitriles is 1. The number of aromatic amines is 1. The lowest BCUT2D eigenvalue weighted by atomic mass is 9.71. The van der Waals surface area contributed by atoms with Crippen molar-refractivity contribution >= 4 is 34.5 Å². The van der Waals surface area contributed by atoms with E-state index in [9.17, 15) is 24.4 Å². The minimum Gasteiger partial charge on any atom is -0.496 e. The van der Waals surface area contributed by atoms with Crippen LogP contribution in [-0.2, 0) is 14.4 Å². The van der Waals surface area contributed by atoms with E-state index in [0.29, 0.717) is 36.6 Å². The highest BCUT2D eigenvalue weighted by molar-refractivity contribution is 6.06. The number of ether oxygens (including phenoxy) is 1. The number of nitrogens with one attached hydrogen (secondary N) is 4. The topological polar surface area (TPSA) is 153 Å². The molecular formula is C26H27N5O5. The lowest BCUT2D eigenvalue weighted by molar-refractivity contribution is -0.129. The molecule has 3 saturated carbocycles. The minimum absolute atomic E-state index is 0.121. The van der Waals surface area contributed by atoms with Crippen molar-refractivity contribution in [2.45, 2.75) is 43.7 Å². The number of hydrogen-bond donors (Lipinski definition) is 4. The predicted molar refractivity (Wildman–Crippen MR) is 126 cm³/mol. The minimum atomic E-state index is -1.23. The summed E-state index contributed by atoms with van der Waals surface area (Å²) in [6, 6.07) is 8.61. The third kappa shape index (κ3) is 3.45. The van der Waals surface area contributed by atoms with Crippen molar-refractivity contribution in [3.63, 3.8) is 0 Å². The zero-order valence-electron chi connectivity index (χ0n) is 19.8. The number of imide groups is 1. The van der Waals surface area contributed by atoms with Crippen LogP contribution in [0, 0.1) is 40.9 Å². The van der Waals surface area contributed by atoms with Crippen molar-refractivity contribution < 1.29 is 23.9 Å². The van der Waals surface area contributed by atoms with E-state index in [-0.39, 0.29) is 17.7 Å². The van der Waals surface area contributed by atoms with Crippen LogP contribution in [0.2, 0.25) is 0 Å². The maximum absolute atomic E-state index is 13.5. The summed E-state index contributed by atoms with van der Waals surface area (Å²) in [5.74, 6) is -2.06. The van der Waals surface area contributed by atoms with Crippen molar-refractivity contribution in [1.82, 2.24) is 20.9 Å². The van der Waals surface area contributed by atoms with Crippen LogP contribution in [0.1, 0.15) is 42.6 Å². The van der Waals surface area contributed by atoms with Crippen LogP contribution in [0.3, 0.4) is 0 Å². The Morgan fingerprint density at radius 2 is 2.03 bits per heavy atom. The van der Waals surface area contributed by atoms with Crippen LogP contribution in [0.25, 0.3) is 10.9 Å². The molecule has 10 nitrogen and oxygen atoms in total. The molecule has 1 aromatic carbocycles. The molecule has 4 aliphatic rings. The molecule has 6 atom stereocenters. The van der Waals surface area contributed by atoms with Crippen molar-refractivity contribution in [2.24, 2.45) is 29.6 Å². The van der Waals surface area contributed by atoms with E-state index >= 15 is 0 Å². The molecular weight excluding hydrogens is 462 g/mol. The summed E-state index contributed by atoms with van der Waals surface area (Å²) in [5.41, 5.74) is -0.180. The van der Waals surface area contributed by atoms with Gasteiger partial charge in [-0.05, 0) is 49.3 Å². The molecule has 3 aliphatic carbocycles. The molecule has 10 heteroatoms. The predicted octanol–water partition coefficient (Wildman–Crippen LogP) is 1.38. The largest absolute Gasteiger partial charge is 0.496 e. The lowest BCUT2D eigenvalue weighted by Gasteiger charge is -2.37. The molecule has 6 rings (SSSR count). The molecule has 1 aromatic heterocycles. The monoisotopic (exact) mass is 489 g/mol. The summed E-state index contributed by atoms with van der Waals surface area (Å²) in [5, 5.41) is 19.1. The molecule has 2 bridgehead atoms. The Balaban J connectivity index is 1.22. The van der Waals surface area contributed by atoms with Gasteiger partial charge in [0.1, 0.15) is 23.0 Å². The van der Waals surface area contributed by atoms with Crippen LogP contribution >= 0.6 is 0 Å². The van der Waals surface area contributed by atoms with Gasteiger partial charge in [-0.25, -0.2) is 0 Å². The van der Waals surface area contributed by atoms with E-state index in [4.69, 9.17) is 4.74 Å². The molecule has 186 valence electrons. The third-order valence-corrected chi connectivity index (χ3v) is 8.48. The summed E-state index contributed by atoms with van der Waals surface area (Å²) in [6.07, 6.45) is 3.33. The molecule has 36 heavy (non-hydrogen) atoms. The normalized spacial score (nSPS) is 31.0. The van der Waals surface area contributed by atoms with Gasteiger partial charge in [0, 0.05) is 16.8 Å². The zero-order valence-corrected chi connectivity index (χ0v) is 19.8. The van der Waals surface area contributed by atoms with Crippen molar-refractivity contribution in [1.29, 1.82) is 5.26 Å². The molecule has 1 aliphatic heterocycles. The second-order valence-electron chi connectivity index (χ2n) is 10.6. The van der Waals surface area contributed by atoms with Gasteiger partial charge < -0.3 is 20.4 Å². The summed E-state index contributed by atoms with van der Waals surface area (Å²) in [4.78, 5) is 54.4. The number of methoxy groups -OCH3 is 1. The highest BCUT2D eigenvalue weighted by Crippen LogP contribution is 2.58. The Kier molecular flexibility index (Phi) is 5.07. The van der Waals surface area contributed by atoms with Crippen molar-refractivity contribution in [3.05, 3.63) is 30.0 Å². The van der Waals surface area contributed by atoms with Gasteiger partial charge in [-0.2, -0.15) is 5.26 Å². The van der Waals surface area contributed by atoms with Gasteiger partial charge in [0.15, 0.2) is 0 Å². The molecule has 2 heterocycles. The Morgan fingerprint density at radius 1 is 1.25 bits per heavy atom. The molecule has 1 unspecified atom stereocenters. The first-order chi connectivity index (χ1) is 17.3. The van der Waals surface area contributed by atoms with Crippen molar-refractivity contribution in [3.8, 4) is 11.8 Å². The van der Waals surface area contributed by atoms with Gasteiger partial charge in [-0.1, -0.05) is 18.9 Å². The second kappa shape index (κ2) is 8.08. The summed E-state index contributed by atoms with van der Waals surface area (Å²) >= 11 is 0. The molecule has 2 aromatic rings. The number of aromatic nitrogens is 1. The van der Waals surface area contributed by atoms with E-state index < -0.39 is 41.1 Å². The van der Waals surface area contributed by atoms with Gasteiger partial charge >= 0.3 is 0 Å². The van der Waals surface area contributed by atoms with E-state index in [1.807, 2.05) is 12.1 Å². The maximum atomic E-state index is 13.5. The Bertz CT molecular complexity index is 1340. The van der Waals surface area contributed by atoms with Crippen LogP contribution in [0.15, 0.2) is 24.3 Å². The first-order valence-electron chi connectivity index (χ1n) is 12.4. The van der Waals surface area contributed by atoms with Gasteiger partial charge in [-0.3, -0.25) is 24.5 Å². The first-order valence-corrected chi connectivity index (χ1v) is 12.4. The van der Waals surface area contributed by atoms with E-state index in [0.717, 1.165) is 23.7 Å². The highest BCUT2D eigenvalue weighted by Gasteiger charge is 2.67. The zero-order chi connectivity index (χ0) is 25.2. The van der Waals surface area contributed by atoms with Crippen LogP contribution in [0.5, 0.6) is 5.75 Å². The quantitative estimate of drug-likeness (QED) is 0.431. The van der Waals surface area contributed by atoms with Gasteiger partial charge in [0.25, 0.3) is 5.91 Å². The number of benzene rings is 1. The number of amides is 4. The SMILES string of the molecule is COc1cccc2[nH]c(C(=O)N[C@@H](CC3CC3)C(=O)N[C@@]3(C#N)CC4C[C@H]3[C@H]3C(=O)NC(=O)[C@@H]43)cc12. The lowest BCUT2D eigenvalue weighted by Crippen LogP contribution is -2.59. The number of hydrogen-bond acceptors (Lipinski definition) is 6.